The molecule has 62 valence electrons. The van der Waals surface area contributed by atoms with Crippen molar-refractivity contribution >= 4 is 24.7 Å². The lowest BCUT2D eigenvalue weighted by Crippen LogP contribution is -1.88. The first-order chi connectivity index (χ1) is 5.77. The summed E-state index contributed by atoms with van der Waals surface area (Å²) >= 11 is 4.61. The minimum atomic E-state index is -0.0485. The van der Waals surface area contributed by atoms with Gasteiger partial charge in [-0.1, -0.05) is 0 Å². The molecule has 4 heteroatoms. The lowest BCUT2D eigenvalue weighted by molar-refractivity contribution is 0.108. The van der Waals surface area contributed by atoms with Crippen LogP contribution in [0.2, 0.25) is 0 Å². The van der Waals surface area contributed by atoms with Gasteiger partial charge < -0.3 is 4.74 Å². The van der Waals surface area contributed by atoms with Gasteiger partial charge in [0.1, 0.15) is 5.75 Å². The number of ether oxygens (including phenoxy) is 1. The molecular weight excluding hydrogens is 191 g/mol. The topological polar surface area (TPSA) is 26.3 Å². The average molecular weight is 198 g/mol. The molecule has 2 nitrogen and oxygen atoms in total. The molecule has 0 heterocycles. The van der Waals surface area contributed by atoms with Crippen LogP contribution >= 0.6 is 7.36 Å². The molecule has 0 amide bonds. The summed E-state index contributed by atoms with van der Waals surface area (Å²) in [6, 6.07) is 6.91. The Balaban J connectivity index is 2.91. The highest BCUT2D eigenvalue weighted by Crippen LogP contribution is 2.14. The number of carbonyl (C=O) groups is 1. The molecule has 1 aromatic carbocycles. The van der Waals surface area contributed by atoms with Crippen LogP contribution in [0.4, 0.5) is 0 Å². The van der Waals surface area contributed by atoms with Crippen molar-refractivity contribution in [2.45, 2.75) is 0 Å². The van der Waals surface area contributed by atoms with E-state index in [0.29, 0.717) is 12.9 Å². The highest BCUT2D eigenvalue weighted by atomic mass is 32.4. The van der Waals surface area contributed by atoms with E-state index in [1.165, 1.54) is 0 Å². The average Bonchev–Trinajstić information content (AvgIpc) is 2.17. The van der Waals surface area contributed by atoms with E-state index >= 15 is 0 Å². The Morgan fingerprint density at radius 1 is 1.42 bits per heavy atom. The molecule has 0 saturated carbocycles. The van der Waals surface area contributed by atoms with E-state index in [0.717, 1.165) is 5.75 Å². The van der Waals surface area contributed by atoms with Gasteiger partial charge in [0.2, 0.25) is 5.52 Å². The van der Waals surface area contributed by atoms with Gasteiger partial charge in [0.25, 0.3) is 0 Å². The maximum Gasteiger partial charge on any atom is 0.222 e. The molecule has 1 rings (SSSR count). The summed E-state index contributed by atoms with van der Waals surface area (Å²) in [5, 5.41) is 0. The zero-order chi connectivity index (χ0) is 8.97. The summed E-state index contributed by atoms with van der Waals surface area (Å²) in [6.07, 6.45) is 0. The highest BCUT2D eigenvalue weighted by Gasteiger charge is 2.01. The number of methoxy groups -OCH3 is 1. The maximum atomic E-state index is 11.1. The van der Waals surface area contributed by atoms with E-state index in [1.807, 2.05) is 0 Å². The maximum absolute atomic E-state index is 11.1. The first kappa shape index (κ1) is 9.30. The van der Waals surface area contributed by atoms with Crippen LogP contribution in [-0.4, -0.2) is 12.6 Å². The van der Waals surface area contributed by atoms with Crippen molar-refractivity contribution in [3.05, 3.63) is 29.8 Å². The van der Waals surface area contributed by atoms with Crippen molar-refractivity contribution in [1.82, 2.24) is 0 Å². The van der Waals surface area contributed by atoms with Gasteiger partial charge in [-0.15, -0.1) is 0 Å². The number of carbonyl (C=O) groups excluding carboxylic acids is 1. The summed E-state index contributed by atoms with van der Waals surface area (Å²) in [6.45, 7) is 0. The van der Waals surface area contributed by atoms with Crippen LogP contribution in [-0.2, 0) is 11.8 Å². The Bertz CT molecular complexity index is 294. The van der Waals surface area contributed by atoms with Gasteiger partial charge in [-0.25, -0.2) is 0 Å². The minimum absolute atomic E-state index is 0.0485. The van der Waals surface area contributed by atoms with E-state index in [9.17, 15) is 4.79 Å². The summed E-state index contributed by atoms with van der Waals surface area (Å²) in [5.74, 6) is 0.743. The second-order valence-electron chi connectivity index (χ2n) is 2.12. The summed E-state index contributed by atoms with van der Waals surface area (Å²) in [5.41, 5.74) is 0.583. The first-order valence-corrected chi connectivity index (χ1v) is 5.20. The normalized spacial score (nSPS) is 9.75. The van der Waals surface area contributed by atoms with E-state index < -0.39 is 0 Å². The number of hydrogen-bond donors (Lipinski definition) is 0. The second kappa shape index (κ2) is 4.29. The molecule has 0 spiro atoms. The number of hydrogen-bond acceptors (Lipinski definition) is 3. The first-order valence-electron chi connectivity index (χ1n) is 3.29. The lowest BCUT2D eigenvalue weighted by atomic mass is 10.2. The Morgan fingerprint density at radius 3 is 2.42 bits per heavy atom. The molecule has 0 unspecified atom stereocenters. The van der Waals surface area contributed by atoms with Gasteiger partial charge in [0.05, 0.1) is 14.5 Å². The summed E-state index contributed by atoms with van der Waals surface area (Å²) < 4.78 is 4.94. The van der Waals surface area contributed by atoms with E-state index in [2.05, 4.69) is 11.8 Å². The summed E-state index contributed by atoms with van der Waals surface area (Å²) in [4.78, 5) is 11.1. The molecule has 1 aromatic rings. The van der Waals surface area contributed by atoms with Crippen molar-refractivity contribution in [1.29, 1.82) is 0 Å². The fourth-order valence-corrected chi connectivity index (χ4v) is 1.36. The van der Waals surface area contributed by atoms with E-state index in [1.54, 1.807) is 31.4 Å². The fourth-order valence-electron chi connectivity index (χ4n) is 0.786. The Labute approximate surface area is 77.4 Å². The molecule has 0 atom stereocenters. The van der Waals surface area contributed by atoms with Crippen LogP contribution in [0.5, 0.6) is 5.75 Å². The van der Waals surface area contributed by atoms with Crippen molar-refractivity contribution in [2.24, 2.45) is 0 Å². The zero-order valence-corrected chi connectivity index (χ0v) is 8.19. The van der Waals surface area contributed by atoms with Crippen LogP contribution in [0.1, 0.15) is 10.4 Å². The molecule has 12 heavy (non-hydrogen) atoms. The number of benzene rings is 1. The van der Waals surface area contributed by atoms with Gasteiger partial charge in [-0.3, -0.25) is 4.79 Å². The van der Waals surface area contributed by atoms with Crippen molar-refractivity contribution in [2.75, 3.05) is 7.11 Å². The molecule has 0 aliphatic rings. The SMILES string of the molecule is COc1ccc(C(=O)P=S)cc1. The molecule has 0 saturated heterocycles. The predicted molar refractivity (Wildman–Crippen MR) is 51.6 cm³/mol. The molecule has 0 aliphatic heterocycles. The van der Waals surface area contributed by atoms with E-state index in [4.69, 9.17) is 4.74 Å². The smallest absolute Gasteiger partial charge is 0.222 e. The Hall–Kier alpha value is -0.790. The van der Waals surface area contributed by atoms with Crippen LogP contribution in [0.3, 0.4) is 0 Å². The van der Waals surface area contributed by atoms with Gasteiger partial charge in [0, 0.05) is 5.56 Å². The molecule has 0 aliphatic carbocycles. The second-order valence-corrected chi connectivity index (χ2v) is 3.26. The Kier molecular flexibility index (Phi) is 3.32. The standard InChI is InChI=1S/C8H7O2PS/c1-10-7-4-2-6(3-5-7)8(9)11-12/h2-5H,1H3. The van der Waals surface area contributed by atoms with Gasteiger partial charge >= 0.3 is 0 Å². The lowest BCUT2D eigenvalue weighted by Gasteiger charge is -1.98. The monoisotopic (exact) mass is 198 g/mol. The number of rotatable bonds is 3. The molecule has 0 aromatic heterocycles. The van der Waals surface area contributed by atoms with Gasteiger partial charge in [-0.05, 0) is 36.1 Å². The molecule has 0 bridgehead atoms. The third kappa shape index (κ3) is 2.10. The molecule has 0 N–H and O–H groups in total. The van der Waals surface area contributed by atoms with Gasteiger partial charge in [-0.2, -0.15) is 0 Å². The van der Waals surface area contributed by atoms with Crippen molar-refractivity contribution in [3.8, 4) is 5.75 Å². The fraction of sp³-hybridized carbons (Fsp3) is 0.125. The van der Waals surface area contributed by atoms with Crippen LogP contribution in [0.15, 0.2) is 24.3 Å². The van der Waals surface area contributed by atoms with Crippen LogP contribution in [0.25, 0.3) is 0 Å². The molecule has 0 radical (unpaired) electrons. The van der Waals surface area contributed by atoms with Crippen LogP contribution in [0, 0.1) is 0 Å². The third-order valence-corrected chi connectivity index (χ3v) is 2.34. The van der Waals surface area contributed by atoms with Crippen molar-refractivity contribution in [3.63, 3.8) is 0 Å². The minimum Gasteiger partial charge on any atom is -0.497 e. The van der Waals surface area contributed by atoms with Crippen molar-refractivity contribution < 1.29 is 9.53 Å². The van der Waals surface area contributed by atoms with Crippen LogP contribution < -0.4 is 4.74 Å². The Morgan fingerprint density at radius 2 is 2.00 bits per heavy atom. The summed E-state index contributed by atoms with van der Waals surface area (Å²) in [7, 11) is 1.94. The third-order valence-electron chi connectivity index (χ3n) is 1.42. The largest absolute Gasteiger partial charge is 0.497 e. The molecular formula is C8H7O2PS. The van der Waals surface area contributed by atoms with Gasteiger partial charge in [0.15, 0.2) is 0 Å². The quantitative estimate of drug-likeness (QED) is 0.697. The molecule has 0 fully saturated rings. The zero-order valence-electron chi connectivity index (χ0n) is 6.48. The predicted octanol–water partition coefficient (Wildman–Crippen LogP) is 2.24. The van der Waals surface area contributed by atoms with E-state index in [-0.39, 0.29) is 5.52 Å². The highest BCUT2D eigenvalue weighted by molar-refractivity contribution is 8.03.